The molecule has 1 aromatic rings. The Labute approximate surface area is 195 Å². The first-order valence-electron chi connectivity index (χ1n) is 11.8. The SMILES string of the molecule is CC(C)(C)OC(=O)NCC(=O)N1CCCC2CCCC[C@@H]21.CN1C(=O)c2ccccc2C1=O. The molecule has 2 heterocycles. The lowest BCUT2D eigenvalue weighted by atomic mass is 9.78. The molecular formula is C25H35N3O5. The van der Waals surface area contributed by atoms with Crippen LogP contribution in [-0.2, 0) is 9.53 Å². The third-order valence-electron chi connectivity index (χ3n) is 6.34. The van der Waals surface area contributed by atoms with Crippen molar-refractivity contribution in [2.24, 2.45) is 5.92 Å². The molecule has 0 bridgehead atoms. The Bertz CT molecular complexity index is 871. The van der Waals surface area contributed by atoms with Crippen LogP contribution < -0.4 is 5.32 Å². The summed E-state index contributed by atoms with van der Waals surface area (Å²) in [7, 11) is 1.49. The number of likely N-dealkylation sites (tertiary alicyclic amines) is 1. The van der Waals surface area contributed by atoms with Gasteiger partial charge >= 0.3 is 6.09 Å². The smallest absolute Gasteiger partial charge is 0.408 e. The first-order valence-corrected chi connectivity index (χ1v) is 11.8. The van der Waals surface area contributed by atoms with E-state index < -0.39 is 11.7 Å². The van der Waals surface area contributed by atoms with Crippen molar-refractivity contribution in [1.29, 1.82) is 0 Å². The second-order valence-electron chi connectivity index (χ2n) is 9.91. The Hall–Kier alpha value is -2.90. The molecule has 180 valence electrons. The van der Waals surface area contributed by atoms with Gasteiger partial charge in [0.1, 0.15) is 12.1 Å². The van der Waals surface area contributed by atoms with E-state index in [-0.39, 0.29) is 24.3 Å². The Balaban J connectivity index is 0.000000215. The maximum absolute atomic E-state index is 12.4. The molecule has 0 aromatic heterocycles. The van der Waals surface area contributed by atoms with Gasteiger partial charge in [-0.15, -0.1) is 0 Å². The first-order chi connectivity index (χ1) is 15.6. The van der Waals surface area contributed by atoms with E-state index in [2.05, 4.69) is 5.32 Å². The predicted octanol–water partition coefficient (Wildman–Crippen LogP) is 3.60. The Morgan fingerprint density at radius 2 is 1.58 bits per heavy atom. The van der Waals surface area contributed by atoms with E-state index in [0.717, 1.165) is 24.3 Å². The van der Waals surface area contributed by atoms with Crippen molar-refractivity contribution in [3.8, 4) is 0 Å². The number of rotatable bonds is 2. The van der Waals surface area contributed by atoms with Crippen LogP contribution in [0.1, 0.15) is 80.0 Å². The zero-order valence-corrected chi connectivity index (χ0v) is 20.1. The lowest BCUT2D eigenvalue weighted by Gasteiger charge is -2.44. The number of nitrogens with one attached hydrogen (secondary N) is 1. The van der Waals surface area contributed by atoms with Crippen molar-refractivity contribution in [3.63, 3.8) is 0 Å². The molecule has 1 unspecified atom stereocenters. The molecular weight excluding hydrogens is 422 g/mol. The third-order valence-corrected chi connectivity index (χ3v) is 6.34. The van der Waals surface area contributed by atoms with Crippen LogP contribution in [0.4, 0.5) is 4.79 Å². The van der Waals surface area contributed by atoms with Crippen LogP contribution in [-0.4, -0.2) is 65.4 Å². The summed E-state index contributed by atoms with van der Waals surface area (Å²) in [5, 5.41) is 2.58. The van der Waals surface area contributed by atoms with Gasteiger partial charge in [-0.3, -0.25) is 19.3 Å². The summed E-state index contributed by atoms with van der Waals surface area (Å²) in [5.41, 5.74) is 0.474. The number of carbonyl (C=O) groups excluding carboxylic acids is 4. The molecule has 2 aliphatic heterocycles. The van der Waals surface area contributed by atoms with Gasteiger partial charge in [-0.2, -0.15) is 0 Å². The minimum absolute atomic E-state index is 0.0254. The molecule has 0 spiro atoms. The number of imide groups is 1. The summed E-state index contributed by atoms with van der Waals surface area (Å²) in [6.45, 7) is 6.30. The average molecular weight is 458 g/mol. The standard InChI is InChI=1S/C16H28N2O3.C9H7NO2/c1-16(2,3)21-15(20)17-11-14(19)18-10-6-8-12-7-4-5-9-13(12)18;1-10-8(11)6-4-2-3-5-7(6)9(10)12/h12-13H,4-11H2,1-3H3,(H,17,20);2-5H,1H3/t12?,13-;/m0./s1. The maximum Gasteiger partial charge on any atom is 0.408 e. The lowest BCUT2D eigenvalue weighted by Crippen LogP contribution is -2.52. The minimum atomic E-state index is -0.535. The molecule has 1 saturated carbocycles. The van der Waals surface area contributed by atoms with Crippen molar-refractivity contribution in [3.05, 3.63) is 35.4 Å². The van der Waals surface area contributed by atoms with Crippen LogP contribution >= 0.6 is 0 Å². The van der Waals surface area contributed by atoms with Crippen molar-refractivity contribution < 1.29 is 23.9 Å². The molecule has 1 N–H and O–H groups in total. The highest BCUT2D eigenvalue weighted by Crippen LogP contribution is 2.35. The summed E-state index contributed by atoms with van der Waals surface area (Å²) in [5.74, 6) is 0.265. The van der Waals surface area contributed by atoms with Gasteiger partial charge in [0.25, 0.3) is 11.8 Å². The first kappa shape index (κ1) is 24.7. The van der Waals surface area contributed by atoms with Gasteiger partial charge in [0.05, 0.1) is 11.1 Å². The van der Waals surface area contributed by atoms with E-state index in [1.807, 2.05) is 25.7 Å². The number of fused-ring (bicyclic) bond motifs is 2. The molecule has 3 aliphatic rings. The Kier molecular flexibility index (Phi) is 7.76. The maximum atomic E-state index is 12.4. The molecule has 8 nitrogen and oxygen atoms in total. The molecule has 4 amide bonds. The fraction of sp³-hybridized carbons (Fsp3) is 0.600. The summed E-state index contributed by atoms with van der Waals surface area (Å²) < 4.78 is 5.16. The number of nitrogens with zero attached hydrogens (tertiary/aromatic N) is 2. The monoisotopic (exact) mass is 457 g/mol. The zero-order valence-electron chi connectivity index (χ0n) is 20.1. The van der Waals surface area contributed by atoms with Crippen LogP contribution in [0.25, 0.3) is 0 Å². The zero-order chi connectivity index (χ0) is 24.2. The molecule has 2 fully saturated rings. The van der Waals surface area contributed by atoms with Gasteiger partial charge in [0, 0.05) is 19.6 Å². The van der Waals surface area contributed by atoms with Crippen LogP contribution in [0.2, 0.25) is 0 Å². The quantitative estimate of drug-likeness (QED) is 0.685. The summed E-state index contributed by atoms with van der Waals surface area (Å²) in [6.07, 6.45) is 6.67. The Morgan fingerprint density at radius 3 is 2.18 bits per heavy atom. The molecule has 4 rings (SSSR count). The van der Waals surface area contributed by atoms with E-state index in [1.165, 1.54) is 32.7 Å². The topological polar surface area (TPSA) is 96.0 Å². The number of hydrogen-bond donors (Lipinski definition) is 1. The van der Waals surface area contributed by atoms with Crippen molar-refractivity contribution in [2.45, 2.75) is 70.9 Å². The van der Waals surface area contributed by atoms with Gasteiger partial charge in [-0.05, 0) is 64.5 Å². The number of amides is 4. The number of carbonyl (C=O) groups is 4. The highest BCUT2D eigenvalue weighted by molar-refractivity contribution is 6.21. The van der Waals surface area contributed by atoms with E-state index in [0.29, 0.717) is 23.1 Å². The molecule has 0 radical (unpaired) electrons. The van der Waals surface area contributed by atoms with Gasteiger partial charge in [-0.1, -0.05) is 25.0 Å². The van der Waals surface area contributed by atoms with Crippen LogP contribution in [0, 0.1) is 5.92 Å². The molecule has 1 aliphatic carbocycles. The highest BCUT2D eigenvalue weighted by Gasteiger charge is 2.35. The number of piperidine rings is 1. The second kappa shape index (κ2) is 10.4. The normalized spacial score (nSPS) is 22.1. The van der Waals surface area contributed by atoms with Gasteiger partial charge in [-0.25, -0.2) is 4.79 Å². The average Bonchev–Trinajstić information content (AvgIpc) is 3.01. The fourth-order valence-corrected chi connectivity index (χ4v) is 4.81. The summed E-state index contributed by atoms with van der Waals surface area (Å²) in [6, 6.07) is 7.23. The molecule has 2 atom stereocenters. The van der Waals surface area contributed by atoms with E-state index in [1.54, 1.807) is 24.3 Å². The number of alkyl carbamates (subject to hydrolysis) is 1. The summed E-state index contributed by atoms with van der Waals surface area (Å²) in [4.78, 5) is 49.7. The number of ether oxygens (including phenoxy) is 1. The third kappa shape index (κ3) is 6.12. The van der Waals surface area contributed by atoms with E-state index in [4.69, 9.17) is 4.74 Å². The summed E-state index contributed by atoms with van der Waals surface area (Å²) >= 11 is 0. The van der Waals surface area contributed by atoms with Gasteiger partial charge in [0.15, 0.2) is 0 Å². The van der Waals surface area contributed by atoms with E-state index >= 15 is 0 Å². The van der Waals surface area contributed by atoms with Gasteiger partial charge < -0.3 is 15.0 Å². The van der Waals surface area contributed by atoms with E-state index in [9.17, 15) is 19.2 Å². The van der Waals surface area contributed by atoms with Crippen molar-refractivity contribution in [1.82, 2.24) is 15.1 Å². The predicted molar refractivity (Wildman–Crippen MR) is 124 cm³/mol. The number of benzene rings is 1. The molecule has 33 heavy (non-hydrogen) atoms. The largest absolute Gasteiger partial charge is 0.444 e. The second-order valence-corrected chi connectivity index (χ2v) is 9.91. The fourth-order valence-electron chi connectivity index (χ4n) is 4.81. The number of hydrogen-bond acceptors (Lipinski definition) is 5. The van der Waals surface area contributed by atoms with Crippen LogP contribution in [0.5, 0.6) is 0 Å². The highest BCUT2D eigenvalue weighted by atomic mass is 16.6. The van der Waals surface area contributed by atoms with Crippen LogP contribution in [0.3, 0.4) is 0 Å². The Morgan fingerprint density at radius 1 is 1.00 bits per heavy atom. The van der Waals surface area contributed by atoms with Crippen molar-refractivity contribution in [2.75, 3.05) is 20.1 Å². The van der Waals surface area contributed by atoms with Crippen LogP contribution in [0.15, 0.2) is 24.3 Å². The van der Waals surface area contributed by atoms with Crippen molar-refractivity contribution >= 4 is 23.8 Å². The molecule has 1 saturated heterocycles. The van der Waals surface area contributed by atoms with Gasteiger partial charge in [0.2, 0.25) is 5.91 Å². The molecule has 1 aromatic carbocycles. The minimum Gasteiger partial charge on any atom is -0.444 e. The lowest BCUT2D eigenvalue weighted by molar-refractivity contribution is -0.136. The molecule has 8 heteroatoms.